The van der Waals surface area contributed by atoms with E-state index >= 15 is 0 Å². The Morgan fingerprint density at radius 1 is 1.20 bits per heavy atom. The third kappa shape index (κ3) is 3.31. The van der Waals surface area contributed by atoms with Gasteiger partial charge in [-0.05, 0) is 49.6 Å². The standard InChI is InChI=1S/C25H24FN7O2/c1-14-15-12-20(29-18(15)5-4-17(14)26)22(34)33-11-6-19-16(13-33)21(31-30-19)23(35)32(2)25(7-8-25)24-27-9-3-10-28-24/h3-5,9-10,12,29H,6-8,11,13H2,1-2H3,(H,30,31). The highest BCUT2D eigenvalue weighted by Gasteiger charge is 2.53. The summed E-state index contributed by atoms with van der Waals surface area (Å²) >= 11 is 0. The fourth-order valence-electron chi connectivity index (χ4n) is 4.97. The van der Waals surface area contributed by atoms with Crippen LogP contribution in [0.5, 0.6) is 0 Å². The van der Waals surface area contributed by atoms with Crippen molar-refractivity contribution in [3.05, 3.63) is 76.5 Å². The highest BCUT2D eigenvalue weighted by molar-refractivity contribution is 5.99. The number of nitrogens with one attached hydrogen (secondary N) is 2. The molecule has 1 aliphatic heterocycles. The van der Waals surface area contributed by atoms with Gasteiger partial charge in [0.05, 0.1) is 6.54 Å². The van der Waals surface area contributed by atoms with Crippen LogP contribution in [0.15, 0.2) is 36.7 Å². The number of carbonyl (C=O) groups excluding carboxylic acids is 2. The quantitative estimate of drug-likeness (QED) is 0.473. The van der Waals surface area contributed by atoms with Crippen molar-refractivity contribution >= 4 is 22.7 Å². The molecule has 4 aromatic rings. The number of hydrogen-bond acceptors (Lipinski definition) is 5. The second-order valence-corrected chi connectivity index (χ2v) is 9.29. The Labute approximate surface area is 200 Å². The maximum atomic E-state index is 14.0. The number of amides is 2. The van der Waals surface area contributed by atoms with E-state index in [-0.39, 0.29) is 24.2 Å². The van der Waals surface area contributed by atoms with E-state index in [1.54, 1.807) is 54.4 Å². The molecule has 1 aromatic carbocycles. The highest BCUT2D eigenvalue weighted by Crippen LogP contribution is 2.49. The lowest BCUT2D eigenvalue weighted by Gasteiger charge is -2.29. The molecule has 4 heterocycles. The molecular weight excluding hydrogens is 449 g/mol. The first-order valence-electron chi connectivity index (χ1n) is 11.6. The van der Waals surface area contributed by atoms with E-state index in [4.69, 9.17) is 0 Å². The number of rotatable bonds is 4. The van der Waals surface area contributed by atoms with Gasteiger partial charge in [-0.1, -0.05) is 0 Å². The van der Waals surface area contributed by atoms with Crippen LogP contribution in [0, 0.1) is 12.7 Å². The average Bonchev–Trinajstić information content (AvgIpc) is 3.40. The lowest BCUT2D eigenvalue weighted by molar-refractivity contribution is 0.0674. The zero-order chi connectivity index (χ0) is 24.3. The predicted molar refractivity (Wildman–Crippen MR) is 125 cm³/mol. The molecule has 10 heteroatoms. The first-order valence-corrected chi connectivity index (χ1v) is 11.6. The number of aromatic nitrogens is 5. The topological polar surface area (TPSA) is 111 Å². The molecule has 0 radical (unpaired) electrons. The van der Waals surface area contributed by atoms with E-state index in [1.807, 2.05) is 0 Å². The van der Waals surface area contributed by atoms with Crippen LogP contribution in [0.2, 0.25) is 0 Å². The van der Waals surface area contributed by atoms with Gasteiger partial charge < -0.3 is 14.8 Å². The monoisotopic (exact) mass is 473 g/mol. The number of hydrogen-bond donors (Lipinski definition) is 2. The summed E-state index contributed by atoms with van der Waals surface area (Å²) in [5.41, 5.74) is 2.99. The van der Waals surface area contributed by atoms with Gasteiger partial charge in [0, 0.05) is 54.6 Å². The molecular formula is C25H24FN7O2. The number of H-pyrrole nitrogens is 2. The Morgan fingerprint density at radius 3 is 2.71 bits per heavy atom. The third-order valence-corrected chi connectivity index (χ3v) is 7.31. The first-order chi connectivity index (χ1) is 16.9. The molecule has 0 bridgehead atoms. The summed E-state index contributed by atoms with van der Waals surface area (Å²) in [6.45, 7) is 2.44. The van der Waals surface area contributed by atoms with Crippen LogP contribution in [-0.4, -0.2) is 60.4 Å². The van der Waals surface area contributed by atoms with Crippen LogP contribution in [0.3, 0.4) is 0 Å². The van der Waals surface area contributed by atoms with Crippen molar-refractivity contribution in [1.82, 2.24) is 34.9 Å². The first kappa shape index (κ1) is 21.5. The number of aryl methyl sites for hydroxylation is 1. The Morgan fingerprint density at radius 2 is 1.97 bits per heavy atom. The fourth-order valence-corrected chi connectivity index (χ4v) is 4.97. The van der Waals surface area contributed by atoms with Gasteiger partial charge in [0.2, 0.25) is 0 Å². The summed E-state index contributed by atoms with van der Waals surface area (Å²) < 4.78 is 14.0. The van der Waals surface area contributed by atoms with Gasteiger partial charge in [-0.2, -0.15) is 5.10 Å². The zero-order valence-corrected chi connectivity index (χ0v) is 19.4. The van der Waals surface area contributed by atoms with Gasteiger partial charge in [-0.3, -0.25) is 14.7 Å². The van der Waals surface area contributed by atoms with E-state index in [1.165, 1.54) is 6.07 Å². The van der Waals surface area contributed by atoms with Crippen LogP contribution < -0.4 is 0 Å². The summed E-state index contributed by atoms with van der Waals surface area (Å²) in [6, 6.07) is 6.47. The second-order valence-electron chi connectivity index (χ2n) is 9.29. The van der Waals surface area contributed by atoms with Crippen molar-refractivity contribution in [1.29, 1.82) is 0 Å². The Balaban J connectivity index is 1.26. The molecule has 0 atom stereocenters. The SMILES string of the molecule is Cc1c(F)ccc2[nH]c(C(=O)N3CCc4[nH]nc(C(=O)N(C)C5(c6ncccn6)CC5)c4C3)cc12. The molecule has 0 spiro atoms. The van der Waals surface area contributed by atoms with Gasteiger partial charge in [0.25, 0.3) is 11.8 Å². The third-order valence-electron chi connectivity index (χ3n) is 7.31. The lowest BCUT2D eigenvalue weighted by Crippen LogP contribution is -2.40. The molecule has 0 unspecified atom stereocenters. The van der Waals surface area contributed by atoms with Crippen molar-refractivity contribution in [2.75, 3.05) is 13.6 Å². The zero-order valence-electron chi connectivity index (χ0n) is 19.4. The Hall–Kier alpha value is -4.08. The van der Waals surface area contributed by atoms with E-state index in [0.717, 1.165) is 24.1 Å². The van der Waals surface area contributed by atoms with Crippen LogP contribution in [0.4, 0.5) is 4.39 Å². The number of nitrogens with zero attached hydrogens (tertiary/aromatic N) is 5. The minimum Gasteiger partial charge on any atom is -0.351 e. The molecule has 1 aliphatic carbocycles. The van der Waals surface area contributed by atoms with Crippen molar-refractivity contribution in [2.24, 2.45) is 0 Å². The maximum Gasteiger partial charge on any atom is 0.275 e. The Bertz CT molecular complexity index is 1470. The van der Waals surface area contributed by atoms with E-state index < -0.39 is 5.54 Å². The summed E-state index contributed by atoms with van der Waals surface area (Å²) in [4.78, 5) is 42.1. The largest absolute Gasteiger partial charge is 0.351 e. The normalized spacial score (nSPS) is 16.3. The van der Waals surface area contributed by atoms with Gasteiger partial charge in [-0.15, -0.1) is 0 Å². The molecule has 2 amide bonds. The minimum absolute atomic E-state index is 0.198. The molecule has 2 N–H and O–H groups in total. The summed E-state index contributed by atoms with van der Waals surface area (Å²) in [7, 11) is 1.75. The van der Waals surface area contributed by atoms with Crippen molar-refractivity contribution in [2.45, 2.75) is 38.3 Å². The summed E-state index contributed by atoms with van der Waals surface area (Å²) in [6.07, 6.45) is 5.50. The van der Waals surface area contributed by atoms with Gasteiger partial charge in [0.15, 0.2) is 11.5 Å². The fraction of sp³-hybridized carbons (Fsp3) is 0.320. The number of benzene rings is 1. The number of fused-ring (bicyclic) bond motifs is 2. The number of carbonyl (C=O) groups is 2. The van der Waals surface area contributed by atoms with E-state index in [2.05, 4.69) is 25.1 Å². The van der Waals surface area contributed by atoms with Crippen molar-refractivity contribution < 1.29 is 14.0 Å². The molecule has 0 saturated heterocycles. The number of halogens is 1. The predicted octanol–water partition coefficient (Wildman–Crippen LogP) is 3.09. The van der Waals surface area contributed by atoms with Crippen LogP contribution in [0.25, 0.3) is 10.9 Å². The number of aromatic amines is 2. The smallest absolute Gasteiger partial charge is 0.275 e. The molecule has 6 rings (SSSR count). The maximum absolute atomic E-state index is 14.0. The van der Waals surface area contributed by atoms with E-state index in [9.17, 15) is 14.0 Å². The van der Waals surface area contributed by atoms with Crippen molar-refractivity contribution in [3.63, 3.8) is 0 Å². The van der Waals surface area contributed by atoms with Gasteiger partial charge >= 0.3 is 0 Å². The average molecular weight is 474 g/mol. The van der Waals surface area contributed by atoms with Crippen LogP contribution >= 0.6 is 0 Å². The Kier molecular flexibility index (Phi) is 4.73. The highest BCUT2D eigenvalue weighted by atomic mass is 19.1. The molecule has 35 heavy (non-hydrogen) atoms. The van der Waals surface area contributed by atoms with Gasteiger partial charge in [0.1, 0.15) is 17.1 Å². The summed E-state index contributed by atoms with van der Waals surface area (Å²) in [5.74, 6) is -0.102. The van der Waals surface area contributed by atoms with Crippen LogP contribution in [0.1, 0.15) is 56.5 Å². The minimum atomic E-state index is -0.522. The molecule has 1 fully saturated rings. The second kappa shape index (κ2) is 7.72. The molecule has 9 nitrogen and oxygen atoms in total. The molecule has 3 aromatic heterocycles. The van der Waals surface area contributed by atoms with Gasteiger partial charge in [-0.25, -0.2) is 14.4 Å². The van der Waals surface area contributed by atoms with E-state index in [0.29, 0.717) is 46.6 Å². The molecule has 178 valence electrons. The lowest BCUT2D eigenvalue weighted by atomic mass is 10.0. The van der Waals surface area contributed by atoms with Crippen LogP contribution in [-0.2, 0) is 18.5 Å². The summed E-state index contributed by atoms with van der Waals surface area (Å²) in [5, 5.41) is 8.01. The molecule has 1 saturated carbocycles. The molecule has 2 aliphatic rings. The van der Waals surface area contributed by atoms with Crippen molar-refractivity contribution in [3.8, 4) is 0 Å².